The molecule has 2 rings (SSSR count). The number of likely N-dealkylation sites (N-methyl/N-ethyl adjacent to an activating group) is 2. The highest BCUT2D eigenvalue weighted by Crippen LogP contribution is 2.25. The van der Waals surface area contributed by atoms with Gasteiger partial charge in [0, 0.05) is 31.6 Å². The molecule has 1 fully saturated rings. The van der Waals surface area contributed by atoms with Crippen LogP contribution in [0.2, 0.25) is 0 Å². The Morgan fingerprint density at radius 2 is 2.05 bits per heavy atom. The fourth-order valence-corrected chi connectivity index (χ4v) is 2.74. The number of rotatable bonds is 6. The van der Waals surface area contributed by atoms with Crippen LogP contribution < -0.4 is 5.73 Å². The van der Waals surface area contributed by atoms with E-state index >= 15 is 0 Å². The zero-order chi connectivity index (χ0) is 15.4. The molecule has 1 saturated heterocycles. The van der Waals surface area contributed by atoms with Crippen molar-refractivity contribution in [1.82, 2.24) is 19.9 Å². The van der Waals surface area contributed by atoms with Crippen LogP contribution in [-0.2, 0) is 0 Å². The molecule has 0 bridgehead atoms. The number of hydrogen-bond donors (Lipinski definition) is 1. The van der Waals surface area contributed by atoms with Gasteiger partial charge in [-0.05, 0) is 33.9 Å². The molecule has 6 heteroatoms. The third kappa shape index (κ3) is 4.49. The lowest BCUT2D eigenvalue weighted by atomic mass is 10.0. The molecule has 2 N–H and O–H groups in total. The van der Waals surface area contributed by atoms with Crippen LogP contribution in [0.1, 0.15) is 56.8 Å². The van der Waals surface area contributed by atoms with Gasteiger partial charge >= 0.3 is 0 Å². The first-order valence-electron chi connectivity index (χ1n) is 7.95. The van der Waals surface area contributed by atoms with Gasteiger partial charge in [0.05, 0.1) is 6.04 Å². The van der Waals surface area contributed by atoms with Crippen molar-refractivity contribution in [3.8, 4) is 0 Å². The minimum atomic E-state index is 0.234. The molecule has 6 nitrogen and oxygen atoms in total. The summed E-state index contributed by atoms with van der Waals surface area (Å²) in [5.41, 5.74) is 5.79. The molecule has 1 aromatic rings. The Kier molecular flexibility index (Phi) is 5.72. The Bertz CT molecular complexity index is 433. The van der Waals surface area contributed by atoms with Crippen LogP contribution in [0.15, 0.2) is 4.52 Å². The minimum Gasteiger partial charge on any atom is -0.339 e. The van der Waals surface area contributed by atoms with Crippen LogP contribution >= 0.6 is 0 Å². The molecular formula is C15H29N5O. The van der Waals surface area contributed by atoms with Crippen molar-refractivity contribution in [2.24, 2.45) is 5.73 Å². The molecule has 0 aliphatic carbocycles. The van der Waals surface area contributed by atoms with E-state index in [-0.39, 0.29) is 12.1 Å². The van der Waals surface area contributed by atoms with Gasteiger partial charge in [0.25, 0.3) is 0 Å². The Hall–Kier alpha value is -0.980. The Morgan fingerprint density at radius 3 is 2.76 bits per heavy atom. The van der Waals surface area contributed by atoms with Gasteiger partial charge in [-0.25, -0.2) is 0 Å². The number of piperazine rings is 1. The molecular weight excluding hydrogens is 266 g/mol. The normalized spacial score (nSPS) is 24.1. The highest BCUT2D eigenvalue weighted by atomic mass is 16.5. The molecule has 1 aliphatic heterocycles. The first kappa shape index (κ1) is 16.4. The average molecular weight is 295 g/mol. The third-order valence-corrected chi connectivity index (χ3v) is 4.32. The molecule has 0 amide bonds. The maximum Gasteiger partial charge on any atom is 0.229 e. The summed E-state index contributed by atoms with van der Waals surface area (Å²) in [5, 5.41) is 4.21. The van der Waals surface area contributed by atoms with Crippen LogP contribution in [0.5, 0.6) is 0 Å². The number of aromatic nitrogens is 2. The molecule has 3 unspecified atom stereocenters. The third-order valence-electron chi connectivity index (χ3n) is 4.32. The van der Waals surface area contributed by atoms with E-state index in [2.05, 4.69) is 41.0 Å². The number of nitrogens with two attached hydrogens (primary N) is 1. The molecule has 21 heavy (non-hydrogen) atoms. The highest BCUT2D eigenvalue weighted by Gasteiger charge is 2.28. The highest BCUT2D eigenvalue weighted by molar-refractivity contribution is 5.00. The van der Waals surface area contributed by atoms with E-state index < -0.39 is 0 Å². The lowest BCUT2D eigenvalue weighted by Crippen LogP contribution is -2.45. The molecule has 120 valence electrons. The summed E-state index contributed by atoms with van der Waals surface area (Å²) < 4.78 is 5.48. The van der Waals surface area contributed by atoms with Crippen LogP contribution in [0.4, 0.5) is 0 Å². The first-order chi connectivity index (χ1) is 9.97. The molecule has 3 atom stereocenters. The molecule has 0 saturated carbocycles. The molecule has 1 aromatic heterocycles. The maximum absolute atomic E-state index is 5.79. The van der Waals surface area contributed by atoms with Crippen molar-refractivity contribution in [2.45, 2.75) is 51.1 Å². The molecule has 0 aromatic carbocycles. The van der Waals surface area contributed by atoms with Gasteiger partial charge in [-0.2, -0.15) is 4.98 Å². The number of nitrogens with zero attached hydrogens (tertiary/aromatic N) is 4. The Balaban J connectivity index is 1.93. The van der Waals surface area contributed by atoms with Crippen molar-refractivity contribution in [1.29, 1.82) is 0 Å². The van der Waals surface area contributed by atoms with E-state index in [0.29, 0.717) is 5.92 Å². The summed E-state index contributed by atoms with van der Waals surface area (Å²) >= 11 is 0. The van der Waals surface area contributed by atoms with Gasteiger partial charge in [0.2, 0.25) is 5.89 Å². The first-order valence-corrected chi connectivity index (χ1v) is 7.95. The second kappa shape index (κ2) is 7.33. The van der Waals surface area contributed by atoms with Gasteiger partial charge in [-0.15, -0.1) is 0 Å². The molecule has 0 radical (unpaired) electrons. The van der Waals surface area contributed by atoms with Gasteiger partial charge in [-0.1, -0.05) is 18.5 Å². The zero-order valence-electron chi connectivity index (χ0n) is 13.7. The van der Waals surface area contributed by atoms with Crippen molar-refractivity contribution < 1.29 is 4.52 Å². The smallest absolute Gasteiger partial charge is 0.229 e. The van der Waals surface area contributed by atoms with Crippen molar-refractivity contribution in [2.75, 3.05) is 33.7 Å². The lowest BCUT2D eigenvalue weighted by molar-refractivity contribution is 0.108. The molecule has 2 heterocycles. The summed E-state index contributed by atoms with van der Waals surface area (Å²) in [6.45, 7) is 7.27. The van der Waals surface area contributed by atoms with Crippen molar-refractivity contribution in [3.05, 3.63) is 11.7 Å². The van der Waals surface area contributed by atoms with E-state index in [9.17, 15) is 0 Å². The standard InChI is InChI=1S/C15H29N5O/c1-11(6-5-7-12(2)16)15-17-14(18-21-15)13-10-19(3)8-9-20(13)4/h11-13H,5-10,16H2,1-4H3. The van der Waals surface area contributed by atoms with Gasteiger partial charge in [-0.3, -0.25) is 4.90 Å². The Morgan fingerprint density at radius 1 is 1.29 bits per heavy atom. The predicted molar refractivity (Wildman–Crippen MR) is 83.1 cm³/mol. The van der Waals surface area contributed by atoms with E-state index in [4.69, 9.17) is 10.3 Å². The summed E-state index contributed by atoms with van der Waals surface area (Å²) in [4.78, 5) is 9.25. The topological polar surface area (TPSA) is 71.4 Å². The van der Waals surface area contributed by atoms with E-state index in [1.165, 1.54) is 0 Å². The van der Waals surface area contributed by atoms with E-state index in [1.54, 1.807) is 0 Å². The average Bonchev–Trinajstić information content (AvgIpc) is 2.90. The second-order valence-corrected chi connectivity index (χ2v) is 6.56. The van der Waals surface area contributed by atoms with E-state index in [1.807, 2.05) is 6.92 Å². The quantitative estimate of drug-likeness (QED) is 0.859. The van der Waals surface area contributed by atoms with Crippen LogP contribution in [0.3, 0.4) is 0 Å². The van der Waals surface area contributed by atoms with Crippen molar-refractivity contribution >= 4 is 0 Å². The molecule has 0 spiro atoms. The summed E-state index contributed by atoms with van der Waals surface area (Å²) in [5.74, 6) is 1.88. The predicted octanol–water partition coefficient (Wildman–Crippen LogP) is 1.61. The van der Waals surface area contributed by atoms with Gasteiger partial charge < -0.3 is 15.2 Å². The summed E-state index contributed by atoms with van der Waals surface area (Å²) in [6.07, 6.45) is 3.19. The zero-order valence-corrected chi connectivity index (χ0v) is 13.7. The fraction of sp³-hybridized carbons (Fsp3) is 0.867. The largest absolute Gasteiger partial charge is 0.339 e. The van der Waals surface area contributed by atoms with Gasteiger partial charge in [0.1, 0.15) is 0 Å². The molecule has 1 aliphatic rings. The van der Waals surface area contributed by atoms with Crippen molar-refractivity contribution in [3.63, 3.8) is 0 Å². The van der Waals surface area contributed by atoms with Crippen LogP contribution in [-0.4, -0.2) is 59.7 Å². The van der Waals surface area contributed by atoms with Gasteiger partial charge in [0.15, 0.2) is 5.82 Å². The second-order valence-electron chi connectivity index (χ2n) is 6.56. The summed E-state index contributed by atoms with van der Waals surface area (Å²) in [7, 11) is 4.26. The monoisotopic (exact) mass is 295 g/mol. The van der Waals surface area contributed by atoms with Crippen LogP contribution in [0.25, 0.3) is 0 Å². The van der Waals surface area contributed by atoms with E-state index in [0.717, 1.165) is 50.6 Å². The maximum atomic E-state index is 5.79. The fourth-order valence-electron chi connectivity index (χ4n) is 2.74. The van der Waals surface area contributed by atoms with Crippen LogP contribution in [0, 0.1) is 0 Å². The Labute approximate surface area is 127 Å². The number of hydrogen-bond acceptors (Lipinski definition) is 6. The minimum absolute atomic E-state index is 0.234. The lowest BCUT2D eigenvalue weighted by Gasteiger charge is -2.35. The summed E-state index contributed by atoms with van der Waals surface area (Å²) in [6, 6.07) is 0.499. The SMILES string of the molecule is CC(N)CCCC(C)c1nc(C2CN(C)CCN2C)no1.